The molecular weight excluding hydrogens is 256 g/mol. The van der Waals surface area contributed by atoms with Gasteiger partial charge in [-0.3, -0.25) is 24.1 Å². The van der Waals surface area contributed by atoms with Crippen LogP contribution in [0.1, 0.15) is 13.3 Å². The molecule has 0 N–H and O–H groups in total. The number of nitrogens with zero attached hydrogens (tertiary/aromatic N) is 2. The van der Waals surface area contributed by atoms with Crippen molar-refractivity contribution >= 4 is 29.6 Å². The van der Waals surface area contributed by atoms with Gasteiger partial charge in [-0.1, -0.05) is 0 Å². The number of carbonyl (C=O) groups excluding carboxylic acids is 5. The number of hydroxylamine groups is 2. The zero-order chi connectivity index (χ0) is 14.2. The first kappa shape index (κ1) is 12.9. The van der Waals surface area contributed by atoms with Crippen LogP contribution in [-0.4, -0.2) is 46.1 Å². The third-order valence-corrected chi connectivity index (χ3v) is 2.72. The van der Waals surface area contributed by atoms with Crippen molar-refractivity contribution < 1.29 is 28.8 Å². The first-order chi connectivity index (χ1) is 8.90. The predicted molar refractivity (Wildman–Crippen MR) is 57.6 cm³/mol. The van der Waals surface area contributed by atoms with Crippen molar-refractivity contribution in [3.05, 3.63) is 12.2 Å². The summed E-state index contributed by atoms with van der Waals surface area (Å²) in [5.41, 5.74) is 0. The Kier molecular flexibility index (Phi) is 3.16. The van der Waals surface area contributed by atoms with Crippen molar-refractivity contribution in [1.82, 2.24) is 9.96 Å². The molecule has 0 radical (unpaired) electrons. The van der Waals surface area contributed by atoms with E-state index in [9.17, 15) is 24.0 Å². The van der Waals surface area contributed by atoms with Crippen molar-refractivity contribution in [2.75, 3.05) is 6.54 Å². The van der Waals surface area contributed by atoms with E-state index in [-0.39, 0.29) is 13.0 Å². The van der Waals surface area contributed by atoms with Gasteiger partial charge in [-0.25, -0.2) is 4.79 Å². The summed E-state index contributed by atoms with van der Waals surface area (Å²) in [5.74, 6) is -4.13. The molecular formula is C11H10N2O6. The van der Waals surface area contributed by atoms with Crippen LogP contribution < -0.4 is 0 Å². The Balaban J connectivity index is 2.05. The molecule has 1 atom stereocenters. The molecule has 0 spiro atoms. The fraction of sp³-hybridized carbons (Fsp3) is 0.364. The first-order valence-corrected chi connectivity index (χ1v) is 5.49. The minimum atomic E-state index is -0.875. The highest BCUT2D eigenvalue weighted by molar-refractivity contribution is 6.13. The van der Waals surface area contributed by atoms with Crippen LogP contribution >= 0.6 is 0 Å². The zero-order valence-corrected chi connectivity index (χ0v) is 9.99. The quantitative estimate of drug-likeness (QED) is 0.592. The second-order valence-corrected chi connectivity index (χ2v) is 4.13. The van der Waals surface area contributed by atoms with E-state index in [4.69, 9.17) is 0 Å². The summed E-state index contributed by atoms with van der Waals surface area (Å²) >= 11 is 0. The predicted octanol–water partition coefficient (Wildman–Crippen LogP) is -1.24. The minimum absolute atomic E-state index is 0.201. The topological polar surface area (TPSA) is 101 Å². The molecule has 2 aliphatic heterocycles. The molecule has 1 fully saturated rings. The van der Waals surface area contributed by atoms with Crippen LogP contribution in [0.3, 0.4) is 0 Å². The third kappa shape index (κ3) is 2.37. The average molecular weight is 266 g/mol. The molecule has 2 heterocycles. The van der Waals surface area contributed by atoms with Crippen molar-refractivity contribution in [3.63, 3.8) is 0 Å². The largest absolute Gasteiger partial charge is 0.331 e. The van der Waals surface area contributed by atoms with Crippen molar-refractivity contribution in [2.24, 2.45) is 5.92 Å². The lowest BCUT2D eigenvalue weighted by molar-refractivity contribution is -0.196. The molecule has 0 saturated carbocycles. The SMILES string of the molecule is CC(=O)ON1C(=O)CC(CN2C(=O)C=CC2=O)C1=O. The molecule has 8 heteroatoms. The van der Waals surface area contributed by atoms with E-state index in [0.29, 0.717) is 5.06 Å². The van der Waals surface area contributed by atoms with Gasteiger partial charge < -0.3 is 4.84 Å². The highest BCUT2D eigenvalue weighted by Crippen LogP contribution is 2.22. The van der Waals surface area contributed by atoms with Crippen molar-refractivity contribution in [3.8, 4) is 0 Å². The maximum Gasteiger partial charge on any atom is 0.330 e. The molecule has 8 nitrogen and oxygen atoms in total. The highest BCUT2D eigenvalue weighted by Gasteiger charge is 2.43. The fourth-order valence-corrected chi connectivity index (χ4v) is 1.87. The van der Waals surface area contributed by atoms with Gasteiger partial charge in [0.1, 0.15) is 0 Å². The number of imide groups is 2. The lowest BCUT2D eigenvalue weighted by Gasteiger charge is -2.17. The van der Waals surface area contributed by atoms with Gasteiger partial charge in [0.25, 0.3) is 23.6 Å². The molecule has 0 aromatic rings. The molecule has 0 aromatic carbocycles. The molecule has 1 unspecified atom stereocenters. The Labute approximate surface area is 107 Å². The molecule has 2 rings (SSSR count). The van der Waals surface area contributed by atoms with Gasteiger partial charge in [-0.05, 0) is 0 Å². The summed E-state index contributed by atoms with van der Waals surface area (Å²) in [4.78, 5) is 62.1. The number of amides is 4. The van der Waals surface area contributed by atoms with Crippen LogP contribution in [0.2, 0.25) is 0 Å². The second-order valence-electron chi connectivity index (χ2n) is 4.13. The summed E-state index contributed by atoms with van der Waals surface area (Å²) in [7, 11) is 0. The van der Waals surface area contributed by atoms with Gasteiger partial charge in [0.2, 0.25) is 0 Å². The van der Waals surface area contributed by atoms with E-state index in [1.54, 1.807) is 0 Å². The Morgan fingerprint density at radius 3 is 2.37 bits per heavy atom. The molecule has 4 amide bonds. The van der Waals surface area contributed by atoms with Crippen LogP contribution in [-0.2, 0) is 28.8 Å². The molecule has 19 heavy (non-hydrogen) atoms. The van der Waals surface area contributed by atoms with Crippen LogP contribution in [0.5, 0.6) is 0 Å². The number of hydrogen-bond donors (Lipinski definition) is 0. The Morgan fingerprint density at radius 2 is 1.84 bits per heavy atom. The summed E-state index contributed by atoms with van der Waals surface area (Å²) in [6.07, 6.45) is 1.98. The molecule has 0 aliphatic carbocycles. The van der Waals surface area contributed by atoms with E-state index in [0.717, 1.165) is 24.0 Å². The van der Waals surface area contributed by atoms with E-state index >= 15 is 0 Å². The van der Waals surface area contributed by atoms with Crippen LogP contribution in [0, 0.1) is 5.92 Å². The van der Waals surface area contributed by atoms with E-state index in [1.165, 1.54) is 0 Å². The van der Waals surface area contributed by atoms with E-state index < -0.39 is 35.5 Å². The highest BCUT2D eigenvalue weighted by atomic mass is 16.7. The van der Waals surface area contributed by atoms with E-state index in [2.05, 4.69) is 4.84 Å². The van der Waals surface area contributed by atoms with Crippen molar-refractivity contribution in [2.45, 2.75) is 13.3 Å². The molecule has 2 aliphatic rings. The number of rotatable bonds is 3. The van der Waals surface area contributed by atoms with Gasteiger partial charge >= 0.3 is 5.97 Å². The summed E-state index contributed by atoms with van der Waals surface area (Å²) < 4.78 is 0. The van der Waals surface area contributed by atoms with E-state index in [1.807, 2.05) is 0 Å². The fourth-order valence-electron chi connectivity index (χ4n) is 1.87. The van der Waals surface area contributed by atoms with Gasteiger partial charge in [0, 0.05) is 32.0 Å². The van der Waals surface area contributed by atoms with Gasteiger partial charge in [0.05, 0.1) is 5.92 Å². The molecule has 0 bridgehead atoms. The molecule has 1 saturated heterocycles. The number of carbonyl (C=O) groups is 5. The normalized spacial score (nSPS) is 22.7. The summed E-state index contributed by atoms with van der Waals surface area (Å²) in [6, 6.07) is 0. The Bertz CT molecular complexity index is 505. The number of hydrogen-bond acceptors (Lipinski definition) is 6. The van der Waals surface area contributed by atoms with Crippen LogP contribution in [0.4, 0.5) is 0 Å². The van der Waals surface area contributed by atoms with Gasteiger partial charge in [-0.2, -0.15) is 0 Å². The van der Waals surface area contributed by atoms with Gasteiger partial charge in [-0.15, -0.1) is 5.06 Å². The monoisotopic (exact) mass is 266 g/mol. The maximum absolute atomic E-state index is 11.8. The average Bonchev–Trinajstić information content (AvgIpc) is 2.77. The third-order valence-electron chi connectivity index (χ3n) is 2.72. The standard InChI is InChI=1S/C11H10N2O6/c1-6(14)19-13-10(17)4-7(11(13)18)5-12-8(15)2-3-9(12)16/h2-3,7H,4-5H2,1H3. The van der Waals surface area contributed by atoms with Crippen LogP contribution in [0.25, 0.3) is 0 Å². The Morgan fingerprint density at radius 1 is 1.26 bits per heavy atom. The minimum Gasteiger partial charge on any atom is -0.331 e. The van der Waals surface area contributed by atoms with Crippen LogP contribution in [0.15, 0.2) is 12.2 Å². The smallest absolute Gasteiger partial charge is 0.330 e. The van der Waals surface area contributed by atoms with Gasteiger partial charge in [0.15, 0.2) is 0 Å². The summed E-state index contributed by atoms with van der Waals surface area (Å²) in [6.45, 7) is 0.859. The molecule has 0 aromatic heterocycles. The van der Waals surface area contributed by atoms with Crippen molar-refractivity contribution in [1.29, 1.82) is 0 Å². The lowest BCUT2D eigenvalue weighted by Crippen LogP contribution is -2.38. The maximum atomic E-state index is 11.8. The molecule has 100 valence electrons. The lowest BCUT2D eigenvalue weighted by atomic mass is 10.1. The summed E-state index contributed by atoms with van der Waals surface area (Å²) in [5, 5.41) is 0.380. The first-order valence-electron chi connectivity index (χ1n) is 5.49. The Hall–Kier alpha value is -2.51. The second kappa shape index (κ2) is 4.63. The zero-order valence-electron chi connectivity index (χ0n) is 9.99.